The molecule has 4 nitrogen and oxygen atoms in total. The van der Waals surface area contributed by atoms with E-state index in [1.807, 2.05) is 6.07 Å². The number of rotatable bonds is 1. The SMILES string of the molecule is CN1CC[C@@]23CCCC[C@@H]2[C@@H]1Cc1ccc(O)cc13.COc1ccc2c(c1)[C@]13CCCC[C@@H]1[C@H](C2)N(C)CC3. The van der Waals surface area contributed by atoms with E-state index in [-0.39, 0.29) is 0 Å². The normalized spacial score (nSPS) is 36.8. The number of hydrogen-bond donors (Lipinski definition) is 1. The molecule has 4 bridgehead atoms. The van der Waals surface area contributed by atoms with Crippen molar-refractivity contribution in [1.29, 1.82) is 0 Å². The Morgan fingerprint density at radius 3 is 1.82 bits per heavy atom. The fourth-order valence-corrected chi connectivity index (χ4v) is 10.5. The molecule has 2 heterocycles. The smallest absolute Gasteiger partial charge is 0.119 e. The maximum absolute atomic E-state index is 9.91. The zero-order valence-electron chi connectivity index (χ0n) is 24.4. The van der Waals surface area contributed by atoms with Gasteiger partial charge in [-0.2, -0.15) is 0 Å². The average Bonchev–Trinajstić information content (AvgIpc) is 2.97. The van der Waals surface area contributed by atoms with Gasteiger partial charge in [0.15, 0.2) is 0 Å². The van der Waals surface area contributed by atoms with Gasteiger partial charge in [-0.15, -0.1) is 0 Å². The fraction of sp³-hybridized carbons (Fsp3) is 0.657. The van der Waals surface area contributed by atoms with E-state index in [1.54, 1.807) is 18.2 Å². The van der Waals surface area contributed by atoms with Crippen LogP contribution < -0.4 is 4.74 Å². The van der Waals surface area contributed by atoms with E-state index in [2.05, 4.69) is 54.2 Å². The van der Waals surface area contributed by atoms with E-state index < -0.39 is 0 Å². The van der Waals surface area contributed by atoms with E-state index in [0.29, 0.717) is 16.6 Å². The Morgan fingerprint density at radius 2 is 1.26 bits per heavy atom. The number of likely N-dealkylation sites (tertiary alicyclic amines) is 2. The molecular formula is C35H48N2O2. The predicted molar refractivity (Wildman–Crippen MR) is 158 cm³/mol. The molecule has 0 radical (unpaired) electrons. The van der Waals surface area contributed by atoms with Crippen molar-refractivity contribution in [2.45, 2.75) is 100.0 Å². The molecule has 39 heavy (non-hydrogen) atoms. The van der Waals surface area contributed by atoms with Crippen LogP contribution in [0.4, 0.5) is 0 Å². The third-order valence-electron chi connectivity index (χ3n) is 12.4. The van der Waals surface area contributed by atoms with Crippen LogP contribution in [0.15, 0.2) is 36.4 Å². The molecule has 2 saturated carbocycles. The predicted octanol–water partition coefficient (Wildman–Crippen LogP) is 6.46. The van der Waals surface area contributed by atoms with Crippen molar-refractivity contribution < 1.29 is 9.84 Å². The molecule has 6 aliphatic rings. The van der Waals surface area contributed by atoms with Crippen molar-refractivity contribution in [2.24, 2.45) is 11.8 Å². The lowest BCUT2D eigenvalue weighted by Gasteiger charge is -2.58. The maximum atomic E-state index is 9.91. The van der Waals surface area contributed by atoms with Gasteiger partial charge in [0, 0.05) is 22.9 Å². The van der Waals surface area contributed by atoms with Crippen LogP contribution in [0.25, 0.3) is 0 Å². The van der Waals surface area contributed by atoms with Gasteiger partial charge in [0.25, 0.3) is 0 Å². The van der Waals surface area contributed by atoms with Gasteiger partial charge in [-0.05, 0) is 137 Å². The lowest BCUT2D eigenvalue weighted by Crippen LogP contribution is -2.59. The molecule has 1 N–H and O–H groups in total. The minimum Gasteiger partial charge on any atom is -0.508 e. The highest BCUT2D eigenvalue weighted by molar-refractivity contribution is 5.46. The van der Waals surface area contributed by atoms with Crippen molar-refractivity contribution in [3.05, 3.63) is 58.7 Å². The molecule has 4 heteroatoms. The van der Waals surface area contributed by atoms with Gasteiger partial charge in [0.1, 0.15) is 11.5 Å². The summed E-state index contributed by atoms with van der Waals surface area (Å²) in [6.45, 7) is 2.48. The lowest BCUT2D eigenvalue weighted by atomic mass is 9.52. The Hall–Kier alpha value is -2.04. The highest BCUT2D eigenvalue weighted by Gasteiger charge is 2.54. The summed E-state index contributed by atoms with van der Waals surface area (Å²) in [4.78, 5) is 5.21. The number of aromatic hydroxyl groups is 1. The maximum Gasteiger partial charge on any atom is 0.119 e. The van der Waals surface area contributed by atoms with Crippen LogP contribution >= 0.6 is 0 Å². The number of hydrogen-bond acceptors (Lipinski definition) is 4. The number of fused-ring (bicyclic) bond motifs is 2. The molecule has 2 aliphatic heterocycles. The zero-order chi connectivity index (χ0) is 26.8. The number of ether oxygens (including phenoxy) is 1. The summed E-state index contributed by atoms with van der Waals surface area (Å²) >= 11 is 0. The van der Waals surface area contributed by atoms with Gasteiger partial charge < -0.3 is 19.6 Å². The minimum atomic E-state index is 0.377. The molecule has 210 valence electrons. The second-order valence-electron chi connectivity index (χ2n) is 13.9. The summed E-state index contributed by atoms with van der Waals surface area (Å²) in [6, 6.07) is 14.4. The second kappa shape index (κ2) is 9.80. The van der Waals surface area contributed by atoms with Crippen LogP contribution in [-0.4, -0.2) is 61.3 Å². The van der Waals surface area contributed by atoms with E-state index in [1.165, 1.54) is 101 Å². The van der Waals surface area contributed by atoms with Crippen molar-refractivity contribution >= 4 is 0 Å². The van der Waals surface area contributed by atoms with Crippen LogP contribution in [-0.2, 0) is 23.7 Å². The molecule has 0 aromatic heterocycles. The van der Waals surface area contributed by atoms with Crippen LogP contribution in [0.1, 0.15) is 86.5 Å². The number of benzene rings is 2. The Balaban J connectivity index is 0.000000130. The van der Waals surface area contributed by atoms with Gasteiger partial charge in [0.2, 0.25) is 0 Å². The first-order valence-electron chi connectivity index (χ1n) is 15.9. The van der Waals surface area contributed by atoms with Crippen LogP contribution in [0.2, 0.25) is 0 Å². The number of piperidine rings is 2. The number of likely N-dealkylation sites (N-methyl/N-ethyl adjacent to an activating group) is 2. The summed E-state index contributed by atoms with van der Waals surface area (Å²) < 4.78 is 5.51. The third-order valence-corrected chi connectivity index (χ3v) is 12.4. The van der Waals surface area contributed by atoms with Crippen molar-refractivity contribution in [3.63, 3.8) is 0 Å². The molecule has 0 unspecified atom stereocenters. The standard InChI is InChI=1S/C18H25NO.C17H23NO/c1-19-10-9-18-8-4-3-5-15(18)17(19)11-13-6-7-14(20-2)12-16(13)18;1-18-9-8-17-7-3-2-4-14(17)16(18)10-12-5-6-13(19)11-15(12)17/h6-7,12,15,17H,3-5,8-11H2,1-2H3;5-6,11,14,16,19H,2-4,7-10H2,1H3/t15-,17+,18+;14-,16+,17+/m11/s1. The van der Waals surface area contributed by atoms with Gasteiger partial charge in [-0.25, -0.2) is 0 Å². The summed E-state index contributed by atoms with van der Waals surface area (Å²) in [5.74, 6) is 3.18. The first-order chi connectivity index (χ1) is 18.9. The summed E-state index contributed by atoms with van der Waals surface area (Å²) in [7, 11) is 6.42. The van der Waals surface area contributed by atoms with E-state index in [9.17, 15) is 5.11 Å². The molecule has 8 rings (SSSR count). The van der Waals surface area contributed by atoms with Gasteiger partial charge >= 0.3 is 0 Å². The zero-order valence-corrected chi connectivity index (χ0v) is 24.4. The topological polar surface area (TPSA) is 35.9 Å². The summed E-state index contributed by atoms with van der Waals surface area (Å²) in [5, 5.41) is 9.91. The molecule has 2 saturated heterocycles. The Bertz CT molecular complexity index is 1230. The Kier molecular flexibility index (Phi) is 6.51. The first kappa shape index (κ1) is 25.9. The quantitative estimate of drug-likeness (QED) is 0.461. The highest BCUT2D eigenvalue weighted by atomic mass is 16.5. The number of nitrogens with zero attached hydrogens (tertiary/aromatic N) is 2. The van der Waals surface area contributed by atoms with E-state index in [4.69, 9.17) is 4.74 Å². The average molecular weight is 529 g/mol. The van der Waals surface area contributed by atoms with Crippen LogP contribution in [0, 0.1) is 11.8 Å². The third kappa shape index (κ3) is 3.99. The van der Waals surface area contributed by atoms with E-state index >= 15 is 0 Å². The summed E-state index contributed by atoms with van der Waals surface area (Å²) in [6.07, 6.45) is 16.1. The summed E-state index contributed by atoms with van der Waals surface area (Å²) in [5.41, 5.74) is 7.03. The van der Waals surface area contributed by atoms with Crippen molar-refractivity contribution in [1.82, 2.24) is 9.80 Å². The number of methoxy groups -OCH3 is 1. The number of phenols is 1. The lowest BCUT2D eigenvalue weighted by molar-refractivity contribution is 0.00272. The van der Waals surface area contributed by atoms with Crippen molar-refractivity contribution in [3.8, 4) is 11.5 Å². The molecular weight excluding hydrogens is 480 g/mol. The number of phenolic OH excluding ortho intramolecular Hbond substituents is 1. The fourth-order valence-electron chi connectivity index (χ4n) is 10.5. The second-order valence-corrected chi connectivity index (χ2v) is 13.9. The van der Waals surface area contributed by atoms with Crippen LogP contribution in [0.5, 0.6) is 11.5 Å². The minimum absolute atomic E-state index is 0.377. The largest absolute Gasteiger partial charge is 0.508 e. The molecule has 2 aromatic carbocycles. The van der Waals surface area contributed by atoms with Crippen molar-refractivity contribution in [2.75, 3.05) is 34.3 Å². The molecule has 0 amide bonds. The van der Waals surface area contributed by atoms with Gasteiger partial charge in [0.05, 0.1) is 7.11 Å². The molecule has 2 aromatic rings. The monoisotopic (exact) mass is 528 g/mol. The van der Waals surface area contributed by atoms with E-state index in [0.717, 1.165) is 29.7 Å². The van der Waals surface area contributed by atoms with Crippen LogP contribution in [0.3, 0.4) is 0 Å². The molecule has 4 fully saturated rings. The molecule has 6 atom stereocenters. The molecule has 0 spiro atoms. The van der Waals surface area contributed by atoms with Gasteiger partial charge in [-0.3, -0.25) is 0 Å². The highest BCUT2D eigenvalue weighted by Crippen LogP contribution is 2.57. The first-order valence-corrected chi connectivity index (χ1v) is 15.9. The Labute approximate surface area is 235 Å². The van der Waals surface area contributed by atoms with Gasteiger partial charge in [-0.1, -0.05) is 37.8 Å². The Morgan fingerprint density at radius 1 is 0.718 bits per heavy atom. The molecule has 4 aliphatic carbocycles.